The monoisotopic (exact) mass is 348 g/mol. The number of likely N-dealkylation sites (tertiary alicyclic amines) is 1. The van der Waals surface area contributed by atoms with Gasteiger partial charge >= 0.3 is 0 Å². The third-order valence-corrected chi connectivity index (χ3v) is 4.66. The Bertz CT molecular complexity index is 591. The minimum absolute atomic E-state index is 0.0925. The highest BCUT2D eigenvalue weighted by atomic mass is 16.5. The van der Waals surface area contributed by atoms with E-state index in [1.165, 1.54) is 0 Å². The maximum absolute atomic E-state index is 12.8. The lowest BCUT2D eigenvalue weighted by molar-refractivity contribution is -0.143. The minimum atomic E-state index is -0.149. The molecule has 1 aromatic rings. The van der Waals surface area contributed by atoms with Gasteiger partial charge in [-0.2, -0.15) is 0 Å². The summed E-state index contributed by atoms with van der Waals surface area (Å²) in [7, 11) is 3.25. The molecule has 1 fully saturated rings. The summed E-state index contributed by atoms with van der Waals surface area (Å²) in [6.45, 7) is 4.66. The van der Waals surface area contributed by atoms with Gasteiger partial charge in [-0.15, -0.1) is 0 Å². The first kappa shape index (κ1) is 19.2. The van der Waals surface area contributed by atoms with Gasteiger partial charge in [-0.25, -0.2) is 0 Å². The summed E-state index contributed by atoms with van der Waals surface area (Å²) >= 11 is 0. The number of rotatable bonds is 8. The van der Waals surface area contributed by atoms with Crippen molar-refractivity contribution in [2.24, 2.45) is 5.92 Å². The highest BCUT2D eigenvalue weighted by Gasteiger charge is 2.32. The number of carbonyl (C=O) groups excluding carboxylic acids is 2. The summed E-state index contributed by atoms with van der Waals surface area (Å²) in [6, 6.07) is 7.67. The first-order valence-electron chi connectivity index (χ1n) is 8.78. The molecule has 1 aliphatic heterocycles. The molecule has 0 aliphatic carbocycles. The van der Waals surface area contributed by atoms with E-state index < -0.39 is 0 Å². The highest BCUT2D eigenvalue weighted by molar-refractivity contribution is 5.84. The van der Waals surface area contributed by atoms with Gasteiger partial charge in [-0.1, -0.05) is 18.2 Å². The zero-order valence-corrected chi connectivity index (χ0v) is 15.4. The Kier molecular flexibility index (Phi) is 7.25. The first-order chi connectivity index (χ1) is 12.1. The van der Waals surface area contributed by atoms with Crippen LogP contribution < -0.4 is 4.74 Å². The molecule has 0 radical (unpaired) electrons. The minimum Gasteiger partial charge on any atom is -0.496 e. The molecule has 6 heteroatoms. The van der Waals surface area contributed by atoms with Gasteiger partial charge in [0.1, 0.15) is 5.75 Å². The second kappa shape index (κ2) is 9.42. The van der Waals surface area contributed by atoms with Crippen LogP contribution in [-0.4, -0.2) is 62.1 Å². The second-order valence-corrected chi connectivity index (χ2v) is 6.23. The number of para-hydroxylation sites is 1. The number of nitrogens with zero attached hydrogens (tertiary/aromatic N) is 2. The first-order valence-corrected chi connectivity index (χ1v) is 8.78. The maximum Gasteiger partial charge on any atom is 0.227 e. The van der Waals surface area contributed by atoms with Gasteiger partial charge in [0.15, 0.2) is 0 Å². The average molecular weight is 348 g/mol. The number of carbonyl (C=O) groups is 2. The molecule has 1 heterocycles. The summed E-state index contributed by atoms with van der Waals surface area (Å²) in [5.41, 5.74) is 0.957. The van der Waals surface area contributed by atoms with E-state index in [4.69, 9.17) is 9.47 Å². The summed E-state index contributed by atoms with van der Waals surface area (Å²) in [6.07, 6.45) is 1.02. The quantitative estimate of drug-likeness (QED) is 0.720. The van der Waals surface area contributed by atoms with E-state index in [1.54, 1.807) is 19.1 Å². The number of piperidine rings is 1. The fraction of sp³-hybridized carbons (Fsp3) is 0.579. The van der Waals surface area contributed by atoms with Crippen LogP contribution in [0.3, 0.4) is 0 Å². The largest absolute Gasteiger partial charge is 0.496 e. The Morgan fingerprint density at radius 2 is 2.08 bits per heavy atom. The Morgan fingerprint density at radius 1 is 1.32 bits per heavy atom. The van der Waals surface area contributed by atoms with Crippen LogP contribution in [0.4, 0.5) is 0 Å². The summed E-state index contributed by atoms with van der Waals surface area (Å²) in [4.78, 5) is 28.7. The van der Waals surface area contributed by atoms with Crippen molar-refractivity contribution in [1.29, 1.82) is 0 Å². The fourth-order valence-electron chi connectivity index (χ4n) is 3.19. The molecule has 2 rings (SSSR count). The van der Waals surface area contributed by atoms with E-state index in [9.17, 15) is 9.59 Å². The number of likely N-dealkylation sites (N-methyl/N-ethyl adjacent to an activating group) is 1. The summed E-state index contributed by atoms with van der Waals surface area (Å²) in [5, 5.41) is 0. The third-order valence-electron chi connectivity index (χ3n) is 4.66. The SMILES string of the molecule is CCN(CCOC)C(=O)[C@@H]1CCC(=O)N(Cc2ccccc2OC)C1. The molecule has 0 spiro atoms. The zero-order valence-electron chi connectivity index (χ0n) is 15.4. The predicted molar refractivity (Wildman–Crippen MR) is 95.3 cm³/mol. The van der Waals surface area contributed by atoms with E-state index in [-0.39, 0.29) is 17.7 Å². The van der Waals surface area contributed by atoms with Crippen LogP contribution in [0.2, 0.25) is 0 Å². The van der Waals surface area contributed by atoms with Crippen LogP contribution >= 0.6 is 0 Å². The van der Waals surface area contributed by atoms with Crippen molar-refractivity contribution < 1.29 is 19.1 Å². The second-order valence-electron chi connectivity index (χ2n) is 6.23. The number of ether oxygens (including phenoxy) is 2. The lowest BCUT2D eigenvalue weighted by Crippen LogP contribution is -2.47. The lowest BCUT2D eigenvalue weighted by Gasteiger charge is -2.34. The van der Waals surface area contributed by atoms with Crippen molar-refractivity contribution in [3.63, 3.8) is 0 Å². The molecule has 0 unspecified atom stereocenters. The van der Waals surface area contributed by atoms with Crippen LogP contribution in [-0.2, 0) is 20.9 Å². The number of benzene rings is 1. The van der Waals surface area contributed by atoms with E-state index >= 15 is 0 Å². The van der Waals surface area contributed by atoms with Gasteiger partial charge in [0.25, 0.3) is 0 Å². The predicted octanol–water partition coefficient (Wildman–Crippen LogP) is 1.93. The third kappa shape index (κ3) is 4.95. The molecule has 1 saturated heterocycles. The molecule has 2 amide bonds. The molecule has 6 nitrogen and oxygen atoms in total. The number of hydrogen-bond acceptors (Lipinski definition) is 4. The molecular weight excluding hydrogens is 320 g/mol. The summed E-state index contributed by atoms with van der Waals surface area (Å²) in [5.74, 6) is 0.815. The van der Waals surface area contributed by atoms with Gasteiger partial charge in [-0.3, -0.25) is 9.59 Å². The number of methoxy groups -OCH3 is 2. The van der Waals surface area contributed by atoms with E-state index in [0.29, 0.717) is 45.6 Å². The van der Waals surface area contributed by atoms with Crippen molar-refractivity contribution in [2.75, 3.05) is 40.5 Å². The smallest absolute Gasteiger partial charge is 0.227 e. The van der Waals surface area contributed by atoms with Crippen molar-refractivity contribution in [3.05, 3.63) is 29.8 Å². The molecule has 0 bridgehead atoms. The number of amides is 2. The van der Waals surface area contributed by atoms with Crippen LogP contribution in [0.5, 0.6) is 5.75 Å². The molecule has 1 aliphatic rings. The topological polar surface area (TPSA) is 59.1 Å². The Morgan fingerprint density at radius 3 is 2.76 bits per heavy atom. The number of hydrogen-bond donors (Lipinski definition) is 0. The van der Waals surface area contributed by atoms with Gasteiger partial charge in [0, 0.05) is 45.3 Å². The molecule has 25 heavy (non-hydrogen) atoms. The van der Waals surface area contributed by atoms with Crippen molar-refractivity contribution in [1.82, 2.24) is 9.80 Å². The Labute approximate surface area is 149 Å². The standard InChI is InChI=1S/C19H28N2O4/c1-4-20(11-12-24-2)19(23)16-9-10-18(22)21(14-16)13-15-7-5-6-8-17(15)25-3/h5-8,16H,4,9-14H2,1-3H3/t16-/m1/s1. The summed E-state index contributed by atoms with van der Waals surface area (Å²) < 4.78 is 10.5. The lowest BCUT2D eigenvalue weighted by atomic mass is 9.95. The van der Waals surface area contributed by atoms with Crippen molar-refractivity contribution in [3.8, 4) is 5.75 Å². The van der Waals surface area contributed by atoms with Crippen LogP contribution in [0.25, 0.3) is 0 Å². The van der Waals surface area contributed by atoms with Gasteiger partial charge < -0.3 is 19.3 Å². The molecule has 1 aromatic carbocycles. The van der Waals surface area contributed by atoms with Gasteiger partial charge in [0.2, 0.25) is 11.8 Å². The zero-order chi connectivity index (χ0) is 18.2. The van der Waals surface area contributed by atoms with Crippen molar-refractivity contribution >= 4 is 11.8 Å². The van der Waals surface area contributed by atoms with Crippen LogP contribution in [0, 0.1) is 5.92 Å². The van der Waals surface area contributed by atoms with E-state index in [1.807, 2.05) is 36.1 Å². The van der Waals surface area contributed by atoms with Crippen LogP contribution in [0.15, 0.2) is 24.3 Å². The molecule has 0 N–H and O–H groups in total. The van der Waals surface area contributed by atoms with E-state index in [2.05, 4.69) is 0 Å². The Balaban J connectivity index is 2.05. The molecule has 138 valence electrons. The van der Waals surface area contributed by atoms with E-state index in [0.717, 1.165) is 11.3 Å². The normalized spacial score (nSPS) is 17.5. The molecular formula is C19H28N2O4. The molecule has 1 atom stereocenters. The van der Waals surface area contributed by atoms with Gasteiger partial charge in [0.05, 0.1) is 19.6 Å². The Hall–Kier alpha value is -2.08. The molecule has 0 aromatic heterocycles. The fourth-order valence-corrected chi connectivity index (χ4v) is 3.19. The highest BCUT2D eigenvalue weighted by Crippen LogP contribution is 2.25. The van der Waals surface area contributed by atoms with Crippen LogP contribution in [0.1, 0.15) is 25.3 Å². The van der Waals surface area contributed by atoms with Crippen molar-refractivity contribution in [2.45, 2.75) is 26.3 Å². The molecule has 0 saturated carbocycles. The average Bonchev–Trinajstić information content (AvgIpc) is 2.64. The maximum atomic E-state index is 12.8. The van der Waals surface area contributed by atoms with Gasteiger partial charge in [-0.05, 0) is 19.4 Å².